The van der Waals surface area contributed by atoms with Crippen molar-refractivity contribution in [2.75, 3.05) is 30.8 Å². The summed E-state index contributed by atoms with van der Waals surface area (Å²) < 4.78 is 62.1. The maximum atomic E-state index is 14.8. The van der Waals surface area contributed by atoms with Crippen LogP contribution in [0.5, 0.6) is 11.5 Å². The summed E-state index contributed by atoms with van der Waals surface area (Å²) in [5.41, 5.74) is 0.320. The van der Waals surface area contributed by atoms with Crippen LogP contribution in [0.3, 0.4) is 0 Å². The Morgan fingerprint density at radius 1 is 1.00 bits per heavy atom. The molecule has 0 radical (unpaired) electrons. The van der Waals surface area contributed by atoms with Gasteiger partial charge in [0.1, 0.15) is 11.6 Å². The Balaban J connectivity index is 1.13. The van der Waals surface area contributed by atoms with Gasteiger partial charge in [-0.3, -0.25) is 9.59 Å². The van der Waals surface area contributed by atoms with E-state index in [4.69, 9.17) is 4.74 Å². The van der Waals surface area contributed by atoms with E-state index in [0.29, 0.717) is 42.8 Å². The molecule has 2 aromatic carbocycles. The normalized spacial score (nSPS) is 16.1. The molecule has 0 unspecified atom stereocenters. The van der Waals surface area contributed by atoms with Gasteiger partial charge in [0, 0.05) is 30.3 Å². The van der Waals surface area contributed by atoms with E-state index < -0.39 is 23.5 Å². The van der Waals surface area contributed by atoms with Crippen LogP contribution in [-0.2, 0) is 22.2 Å². The van der Waals surface area contributed by atoms with Crippen molar-refractivity contribution in [3.05, 3.63) is 77.2 Å². The first-order valence-electron chi connectivity index (χ1n) is 14.5. The molecule has 228 valence electrons. The number of aromatic nitrogens is 1. The van der Waals surface area contributed by atoms with Gasteiger partial charge in [-0.25, -0.2) is 9.37 Å². The highest BCUT2D eigenvalue weighted by Crippen LogP contribution is 2.40. The van der Waals surface area contributed by atoms with Crippen molar-refractivity contribution in [2.24, 2.45) is 5.92 Å². The van der Waals surface area contributed by atoms with Gasteiger partial charge in [-0.2, -0.15) is 13.2 Å². The number of pyridine rings is 1. The molecule has 2 N–H and O–H groups in total. The molecular formula is C32H34F4N4O3. The van der Waals surface area contributed by atoms with Crippen molar-refractivity contribution in [1.82, 2.24) is 9.88 Å². The molecule has 2 aliphatic rings. The van der Waals surface area contributed by atoms with Crippen LogP contribution >= 0.6 is 0 Å². The van der Waals surface area contributed by atoms with Crippen LogP contribution in [0.1, 0.15) is 61.1 Å². The number of alkyl halides is 3. The Morgan fingerprint density at radius 2 is 1.77 bits per heavy atom. The van der Waals surface area contributed by atoms with Crippen LogP contribution in [0.2, 0.25) is 0 Å². The van der Waals surface area contributed by atoms with E-state index in [1.165, 1.54) is 36.5 Å². The zero-order chi connectivity index (χ0) is 30.6. The van der Waals surface area contributed by atoms with Crippen molar-refractivity contribution in [3.63, 3.8) is 0 Å². The summed E-state index contributed by atoms with van der Waals surface area (Å²) in [7, 11) is 1.96. The first kappa shape index (κ1) is 30.5. The van der Waals surface area contributed by atoms with Crippen molar-refractivity contribution in [2.45, 2.75) is 57.0 Å². The maximum Gasteiger partial charge on any atom is 0.416 e. The highest BCUT2D eigenvalue weighted by atomic mass is 19.4. The Morgan fingerprint density at radius 3 is 2.47 bits per heavy atom. The van der Waals surface area contributed by atoms with E-state index in [1.54, 1.807) is 12.1 Å². The summed E-state index contributed by atoms with van der Waals surface area (Å²) in [6, 6.07) is 11.6. The standard InChI is InChI=1S/C32H34F4N4O3/c1-40-15-12-21(13-16-40)25-9-8-23(18-26(25)32(34,35)36)38-30(41)4-2-3-20-5-10-28(27(33)17-20)43-24-11-14-37-29(19-24)39-31(42)22-6-7-22/h5,8-11,14,17-19,21-22H,2-4,6-7,12-13,15-16H2,1H3,(H,38,41)(H,37,39,42). The average molecular weight is 599 g/mol. The lowest BCUT2D eigenvalue weighted by Gasteiger charge is -2.31. The highest BCUT2D eigenvalue weighted by molar-refractivity contribution is 5.93. The third-order valence-electron chi connectivity index (χ3n) is 7.83. The van der Waals surface area contributed by atoms with Crippen molar-refractivity contribution in [3.8, 4) is 11.5 Å². The van der Waals surface area contributed by atoms with Gasteiger partial charge in [0.2, 0.25) is 11.8 Å². The lowest BCUT2D eigenvalue weighted by molar-refractivity contribution is -0.138. The number of carbonyl (C=O) groups is 2. The summed E-state index contributed by atoms with van der Waals surface area (Å²) >= 11 is 0. The number of rotatable bonds is 10. The molecule has 7 nitrogen and oxygen atoms in total. The van der Waals surface area contributed by atoms with Crippen molar-refractivity contribution in [1.29, 1.82) is 0 Å². The van der Waals surface area contributed by atoms with E-state index in [0.717, 1.165) is 32.0 Å². The number of carbonyl (C=O) groups excluding carboxylic acids is 2. The summed E-state index contributed by atoms with van der Waals surface area (Å²) in [6.07, 6.45) is 0.796. The minimum Gasteiger partial charge on any atom is -0.454 e. The van der Waals surface area contributed by atoms with E-state index >= 15 is 0 Å². The number of likely N-dealkylation sites (tertiary alicyclic amines) is 1. The van der Waals surface area contributed by atoms with Gasteiger partial charge in [-0.1, -0.05) is 12.1 Å². The van der Waals surface area contributed by atoms with Crippen LogP contribution in [0.15, 0.2) is 54.7 Å². The molecule has 1 saturated carbocycles. The predicted octanol–water partition coefficient (Wildman–Crippen LogP) is 7.15. The number of benzene rings is 2. The fourth-order valence-corrected chi connectivity index (χ4v) is 5.26. The van der Waals surface area contributed by atoms with Gasteiger partial charge in [0.05, 0.1) is 5.56 Å². The molecule has 2 fully saturated rings. The average Bonchev–Trinajstić information content (AvgIpc) is 3.81. The first-order chi connectivity index (χ1) is 20.5. The monoisotopic (exact) mass is 598 g/mol. The van der Waals surface area contributed by atoms with Crippen LogP contribution in [0, 0.1) is 11.7 Å². The number of ether oxygens (including phenoxy) is 1. The van der Waals surface area contributed by atoms with E-state index in [2.05, 4.69) is 20.5 Å². The quantitative estimate of drug-likeness (QED) is 0.242. The van der Waals surface area contributed by atoms with Gasteiger partial charge in [0.15, 0.2) is 11.6 Å². The Kier molecular flexibility index (Phi) is 9.29. The minimum absolute atomic E-state index is 0.00340. The zero-order valence-corrected chi connectivity index (χ0v) is 23.8. The number of piperidine rings is 1. The number of aryl methyl sites for hydroxylation is 1. The van der Waals surface area contributed by atoms with Gasteiger partial charge in [0.25, 0.3) is 0 Å². The zero-order valence-electron chi connectivity index (χ0n) is 23.8. The van der Waals surface area contributed by atoms with Crippen LogP contribution in [0.25, 0.3) is 0 Å². The number of hydrogen-bond donors (Lipinski definition) is 2. The molecule has 1 aliphatic heterocycles. The molecule has 11 heteroatoms. The molecule has 1 aromatic heterocycles. The number of hydrogen-bond acceptors (Lipinski definition) is 5. The Bertz CT molecular complexity index is 1470. The third-order valence-corrected chi connectivity index (χ3v) is 7.83. The molecule has 0 spiro atoms. The Labute approximate surface area is 247 Å². The van der Waals surface area contributed by atoms with Crippen LogP contribution in [-0.4, -0.2) is 41.8 Å². The smallest absolute Gasteiger partial charge is 0.416 e. The number of nitrogens with one attached hydrogen (secondary N) is 2. The largest absolute Gasteiger partial charge is 0.454 e. The van der Waals surface area contributed by atoms with Crippen LogP contribution in [0.4, 0.5) is 29.1 Å². The fraction of sp³-hybridized carbons (Fsp3) is 0.406. The second-order valence-corrected chi connectivity index (χ2v) is 11.3. The Hall–Kier alpha value is -3.99. The molecule has 5 rings (SSSR count). The number of anilines is 2. The van der Waals surface area contributed by atoms with Crippen molar-refractivity contribution >= 4 is 23.3 Å². The minimum atomic E-state index is -4.52. The number of nitrogens with zero attached hydrogens (tertiary/aromatic N) is 2. The molecule has 1 saturated heterocycles. The summed E-state index contributed by atoms with van der Waals surface area (Å²) in [4.78, 5) is 30.7. The second-order valence-electron chi connectivity index (χ2n) is 11.3. The summed E-state index contributed by atoms with van der Waals surface area (Å²) in [6.45, 7) is 1.49. The molecule has 0 atom stereocenters. The summed E-state index contributed by atoms with van der Waals surface area (Å²) in [5, 5.41) is 5.30. The summed E-state index contributed by atoms with van der Waals surface area (Å²) in [5.74, 6) is -0.613. The van der Waals surface area contributed by atoms with Gasteiger partial charge >= 0.3 is 6.18 Å². The van der Waals surface area contributed by atoms with E-state index in [9.17, 15) is 27.2 Å². The lowest BCUT2D eigenvalue weighted by atomic mass is 9.86. The highest BCUT2D eigenvalue weighted by Gasteiger charge is 2.36. The molecule has 1 aliphatic carbocycles. The van der Waals surface area contributed by atoms with E-state index in [-0.39, 0.29) is 41.2 Å². The molecule has 3 aromatic rings. The molecular weight excluding hydrogens is 564 g/mol. The first-order valence-corrected chi connectivity index (χ1v) is 14.5. The van der Waals surface area contributed by atoms with Gasteiger partial charge < -0.3 is 20.3 Å². The molecule has 43 heavy (non-hydrogen) atoms. The number of amides is 2. The lowest BCUT2D eigenvalue weighted by Crippen LogP contribution is -2.30. The molecule has 2 amide bonds. The van der Waals surface area contributed by atoms with Crippen molar-refractivity contribution < 1.29 is 31.9 Å². The number of halogens is 4. The third kappa shape index (κ3) is 8.31. The van der Waals surface area contributed by atoms with E-state index in [1.807, 2.05) is 7.05 Å². The fourth-order valence-electron chi connectivity index (χ4n) is 5.26. The van der Waals surface area contributed by atoms with Gasteiger partial charge in [-0.05, 0) is 106 Å². The SMILES string of the molecule is CN1CCC(c2ccc(NC(=O)CCCc3ccc(Oc4ccnc(NC(=O)C5CC5)c4)c(F)c3)cc2C(F)(F)F)CC1. The topological polar surface area (TPSA) is 83.6 Å². The molecule has 2 heterocycles. The molecule has 0 bridgehead atoms. The predicted molar refractivity (Wildman–Crippen MR) is 155 cm³/mol. The maximum absolute atomic E-state index is 14.8. The van der Waals surface area contributed by atoms with Gasteiger partial charge in [-0.15, -0.1) is 0 Å². The second kappa shape index (κ2) is 13.1. The van der Waals surface area contributed by atoms with Crippen LogP contribution < -0.4 is 15.4 Å².